The van der Waals surface area contributed by atoms with Gasteiger partial charge >= 0.3 is 0 Å². The van der Waals surface area contributed by atoms with Crippen molar-refractivity contribution in [3.8, 4) is 28.7 Å². The van der Waals surface area contributed by atoms with Crippen LogP contribution in [0, 0.1) is 13.8 Å². The molecule has 26 heavy (non-hydrogen) atoms. The third-order valence-electron chi connectivity index (χ3n) is 4.60. The highest BCUT2D eigenvalue weighted by atomic mass is 16.5. The molecule has 3 rings (SSSR count). The highest BCUT2D eigenvalue weighted by molar-refractivity contribution is 5.91. The summed E-state index contributed by atoms with van der Waals surface area (Å²) >= 11 is 0. The number of aryl methyl sites for hydroxylation is 2. The zero-order valence-electron chi connectivity index (χ0n) is 16.0. The molecule has 0 fully saturated rings. The Bertz CT molecular complexity index is 966. The van der Waals surface area contributed by atoms with E-state index in [0.29, 0.717) is 0 Å². The summed E-state index contributed by atoms with van der Waals surface area (Å²) in [5, 5.41) is 2.11. The molecule has 0 bridgehead atoms. The van der Waals surface area contributed by atoms with Crippen LogP contribution in [0.4, 0.5) is 0 Å². The van der Waals surface area contributed by atoms with Gasteiger partial charge in [-0.3, -0.25) is 0 Å². The Morgan fingerprint density at radius 3 is 1.96 bits per heavy atom. The summed E-state index contributed by atoms with van der Waals surface area (Å²) in [4.78, 5) is 0. The number of ether oxygens (including phenoxy) is 4. The average molecular weight is 354 g/mol. The third-order valence-corrected chi connectivity index (χ3v) is 4.60. The molecule has 0 amide bonds. The van der Waals surface area contributed by atoms with Gasteiger partial charge < -0.3 is 18.9 Å². The standard InChI is InChI=1S/C21H24NO4/c1-13-9-15-10-17(24-4)12-20(26-6)21(15)14(2)22(13)18-8-7-16(23-3)11-19(18)25-5/h7-12H,1-6H3/q+1. The number of rotatable bonds is 5. The first-order valence-corrected chi connectivity index (χ1v) is 8.34. The molecule has 1 aromatic heterocycles. The van der Waals surface area contributed by atoms with Crippen LogP contribution in [-0.4, -0.2) is 28.4 Å². The predicted octanol–water partition coefficient (Wildman–Crippen LogP) is 3.77. The van der Waals surface area contributed by atoms with E-state index in [9.17, 15) is 0 Å². The molecule has 0 saturated carbocycles. The minimum absolute atomic E-state index is 0.743. The molecule has 136 valence electrons. The fourth-order valence-corrected chi connectivity index (χ4v) is 3.40. The van der Waals surface area contributed by atoms with Crippen molar-refractivity contribution in [1.82, 2.24) is 0 Å². The average Bonchev–Trinajstić information content (AvgIpc) is 2.66. The van der Waals surface area contributed by atoms with Crippen LogP contribution in [0.5, 0.6) is 23.0 Å². The predicted molar refractivity (Wildman–Crippen MR) is 101 cm³/mol. The number of methoxy groups -OCH3 is 4. The van der Waals surface area contributed by atoms with E-state index in [2.05, 4.69) is 24.5 Å². The maximum absolute atomic E-state index is 5.63. The van der Waals surface area contributed by atoms with Gasteiger partial charge in [0.25, 0.3) is 5.69 Å². The van der Waals surface area contributed by atoms with Crippen LogP contribution in [0.25, 0.3) is 16.5 Å². The van der Waals surface area contributed by atoms with E-state index in [1.165, 1.54) is 0 Å². The molecule has 0 aliphatic rings. The Labute approximate surface area is 153 Å². The highest BCUT2D eigenvalue weighted by Gasteiger charge is 2.24. The second kappa shape index (κ2) is 7.12. The Hall–Kier alpha value is -2.95. The molecular weight excluding hydrogens is 330 g/mol. The van der Waals surface area contributed by atoms with Crippen LogP contribution in [-0.2, 0) is 0 Å². The molecule has 0 spiro atoms. The summed E-state index contributed by atoms with van der Waals surface area (Å²) in [6, 6.07) is 11.9. The molecule has 0 unspecified atom stereocenters. The van der Waals surface area contributed by atoms with Crippen molar-refractivity contribution in [2.45, 2.75) is 13.8 Å². The molecule has 0 atom stereocenters. The van der Waals surface area contributed by atoms with Gasteiger partial charge in [-0.2, -0.15) is 4.57 Å². The van der Waals surface area contributed by atoms with Gasteiger partial charge in [-0.1, -0.05) is 0 Å². The minimum Gasteiger partial charge on any atom is -0.497 e. The molecule has 5 heteroatoms. The Balaban J connectivity index is 2.34. The summed E-state index contributed by atoms with van der Waals surface area (Å²) < 4.78 is 24.1. The summed E-state index contributed by atoms with van der Waals surface area (Å²) in [6.45, 7) is 4.15. The SMILES string of the molecule is COc1ccc(-[n+]2c(C)cc3cc(OC)cc(OC)c3c2C)c(OC)c1. The van der Waals surface area contributed by atoms with Gasteiger partial charge in [0.1, 0.15) is 17.2 Å². The molecular formula is C21H24NO4+. The molecule has 0 N–H and O–H groups in total. The number of nitrogens with zero attached hydrogens (tertiary/aromatic N) is 1. The van der Waals surface area contributed by atoms with E-state index in [4.69, 9.17) is 18.9 Å². The van der Waals surface area contributed by atoms with Crippen LogP contribution >= 0.6 is 0 Å². The first-order valence-electron chi connectivity index (χ1n) is 8.34. The van der Waals surface area contributed by atoms with Gasteiger partial charge in [0.05, 0.1) is 33.8 Å². The highest BCUT2D eigenvalue weighted by Crippen LogP contribution is 2.34. The largest absolute Gasteiger partial charge is 0.497 e. The number of hydrogen-bond acceptors (Lipinski definition) is 4. The lowest BCUT2D eigenvalue weighted by Gasteiger charge is -2.14. The number of pyridine rings is 1. The lowest BCUT2D eigenvalue weighted by Crippen LogP contribution is -2.38. The van der Waals surface area contributed by atoms with Gasteiger partial charge in [0.15, 0.2) is 17.1 Å². The fourth-order valence-electron chi connectivity index (χ4n) is 3.40. The second-order valence-corrected chi connectivity index (χ2v) is 6.04. The van der Waals surface area contributed by atoms with Crippen LogP contribution in [0.15, 0.2) is 36.4 Å². The number of aromatic nitrogens is 1. The van der Waals surface area contributed by atoms with E-state index in [1.54, 1.807) is 28.4 Å². The molecule has 2 aromatic carbocycles. The van der Waals surface area contributed by atoms with E-state index >= 15 is 0 Å². The molecule has 3 aromatic rings. The summed E-state index contributed by atoms with van der Waals surface area (Å²) in [7, 11) is 6.64. The first kappa shape index (κ1) is 17.9. The van der Waals surface area contributed by atoms with E-state index < -0.39 is 0 Å². The summed E-state index contributed by atoms with van der Waals surface area (Å²) in [5.74, 6) is 3.04. The van der Waals surface area contributed by atoms with E-state index in [1.807, 2.05) is 30.3 Å². The van der Waals surface area contributed by atoms with E-state index in [-0.39, 0.29) is 0 Å². The molecule has 5 nitrogen and oxygen atoms in total. The van der Waals surface area contributed by atoms with Crippen LogP contribution in [0.1, 0.15) is 11.4 Å². The van der Waals surface area contributed by atoms with Crippen molar-refractivity contribution in [2.24, 2.45) is 0 Å². The second-order valence-electron chi connectivity index (χ2n) is 6.04. The zero-order valence-corrected chi connectivity index (χ0v) is 16.0. The number of benzene rings is 2. The monoisotopic (exact) mass is 354 g/mol. The van der Waals surface area contributed by atoms with Gasteiger partial charge in [-0.05, 0) is 12.1 Å². The Kier molecular flexibility index (Phi) is 4.89. The quantitative estimate of drug-likeness (QED) is 0.654. The molecule has 0 aliphatic carbocycles. The van der Waals surface area contributed by atoms with Crippen molar-refractivity contribution in [3.05, 3.63) is 47.8 Å². The summed E-state index contributed by atoms with van der Waals surface area (Å²) in [5.41, 5.74) is 3.08. The molecule has 1 heterocycles. The maximum atomic E-state index is 5.63. The van der Waals surface area contributed by atoms with Crippen molar-refractivity contribution in [1.29, 1.82) is 0 Å². The zero-order chi connectivity index (χ0) is 18.8. The first-order chi connectivity index (χ1) is 12.5. The van der Waals surface area contributed by atoms with Gasteiger partial charge in [0.2, 0.25) is 0 Å². The van der Waals surface area contributed by atoms with Crippen molar-refractivity contribution >= 4 is 10.8 Å². The van der Waals surface area contributed by atoms with Crippen LogP contribution in [0.3, 0.4) is 0 Å². The maximum Gasteiger partial charge on any atom is 0.253 e. The van der Waals surface area contributed by atoms with Crippen LogP contribution in [0.2, 0.25) is 0 Å². The van der Waals surface area contributed by atoms with Crippen LogP contribution < -0.4 is 23.5 Å². The lowest BCUT2D eigenvalue weighted by molar-refractivity contribution is -0.608. The van der Waals surface area contributed by atoms with Gasteiger partial charge in [-0.15, -0.1) is 0 Å². The minimum atomic E-state index is 0.743. The normalized spacial score (nSPS) is 10.7. The number of hydrogen-bond donors (Lipinski definition) is 0. The lowest BCUT2D eigenvalue weighted by atomic mass is 10.1. The van der Waals surface area contributed by atoms with E-state index in [0.717, 1.165) is 50.8 Å². The third kappa shape index (κ3) is 2.90. The Morgan fingerprint density at radius 2 is 1.35 bits per heavy atom. The molecule has 0 saturated heterocycles. The molecule has 0 aliphatic heterocycles. The molecule has 0 radical (unpaired) electrons. The van der Waals surface area contributed by atoms with Crippen molar-refractivity contribution in [2.75, 3.05) is 28.4 Å². The Morgan fingerprint density at radius 1 is 0.692 bits per heavy atom. The fraction of sp³-hybridized carbons (Fsp3) is 0.286. The smallest absolute Gasteiger partial charge is 0.253 e. The topological polar surface area (TPSA) is 40.8 Å². The van der Waals surface area contributed by atoms with Crippen molar-refractivity contribution in [3.63, 3.8) is 0 Å². The van der Waals surface area contributed by atoms with Gasteiger partial charge in [-0.25, -0.2) is 0 Å². The van der Waals surface area contributed by atoms with Crippen molar-refractivity contribution < 1.29 is 23.5 Å². The van der Waals surface area contributed by atoms with Gasteiger partial charge in [0, 0.05) is 43.5 Å². The summed E-state index contributed by atoms with van der Waals surface area (Å²) in [6.07, 6.45) is 0. The number of fused-ring (bicyclic) bond motifs is 1.